The highest BCUT2D eigenvalue weighted by Gasteiger charge is 2.35. The number of alkyl halides is 3. The molecule has 1 aromatic carbocycles. The quantitative estimate of drug-likeness (QED) is 0.781. The van der Waals surface area contributed by atoms with Crippen LogP contribution in [0.15, 0.2) is 22.7 Å². The van der Waals surface area contributed by atoms with Crippen molar-refractivity contribution in [1.82, 2.24) is 5.32 Å². The zero-order valence-electron chi connectivity index (χ0n) is 11.3. The molecule has 1 unspecified atom stereocenters. The Morgan fingerprint density at radius 2 is 1.89 bits per heavy atom. The number of hydrogen-bond acceptors (Lipinski definition) is 1. The summed E-state index contributed by atoms with van der Waals surface area (Å²) in [6.45, 7) is 6.57. The maximum absolute atomic E-state index is 13.1. The van der Waals surface area contributed by atoms with Crippen molar-refractivity contribution < 1.29 is 13.2 Å². The zero-order chi connectivity index (χ0) is 14.6. The minimum Gasteiger partial charge on any atom is -0.310 e. The van der Waals surface area contributed by atoms with E-state index in [-0.39, 0.29) is 6.04 Å². The van der Waals surface area contributed by atoms with Crippen LogP contribution in [-0.4, -0.2) is 6.54 Å². The van der Waals surface area contributed by atoms with E-state index in [2.05, 4.69) is 21.2 Å². The fourth-order valence-electron chi connectivity index (χ4n) is 2.12. The second-order valence-electron chi connectivity index (χ2n) is 4.97. The summed E-state index contributed by atoms with van der Waals surface area (Å²) in [4.78, 5) is 0. The lowest BCUT2D eigenvalue weighted by Crippen LogP contribution is -2.25. The van der Waals surface area contributed by atoms with E-state index in [9.17, 15) is 13.2 Å². The molecule has 1 aromatic rings. The van der Waals surface area contributed by atoms with Crippen LogP contribution in [-0.2, 0) is 6.18 Å². The average molecular weight is 338 g/mol. The molecular formula is C14H19BrF3N. The summed E-state index contributed by atoms with van der Waals surface area (Å²) in [5.41, 5.74) is -0.236. The lowest BCUT2D eigenvalue weighted by molar-refractivity contribution is -0.138. The highest BCUT2D eigenvalue weighted by molar-refractivity contribution is 9.10. The Labute approximate surface area is 120 Å². The van der Waals surface area contributed by atoms with Gasteiger partial charge in [0, 0.05) is 10.5 Å². The van der Waals surface area contributed by atoms with Crippen molar-refractivity contribution >= 4 is 15.9 Å². The van der Waals surface area contributed by atoms with Crippen molar-refractivity contribution in [3.63, 3.8) is 0 Å². The third-order valence-electron chi connectivity index (χ3n) is 2.85. The van der Waals surface area contributed by atoms with Gasteiger partial charge < -0.3 is 5.32 Å². The van der Waals surface area contributed by atoms with Crippen molar-refractivity contribution in [1.29, 1.82) is 0 Å². The van der Waals surface area contributed by atoms with Crippen LogP contribution in [0, 0.1) is 5.92 Å². The number of benzene rings is 1. The SMILES string of the molecule is CCNC(CC(C)C)c1ccc(Br)cc1C(F)(F)F. The van der Waals surface area contributed by atoms with E-state index < -0.39 is 11.7 Å². The predicted octanol–water partition coefficient (Wildman–Crippen LogP) is 5.16. The minimum absolute atomic E-state index is 0.269. The highest BCUT2D eigenvalue weighted by atomic mass is 79.9. The summed E-state index contributed by atoms with van der Waals surface area (Å²) >= 11 is 3.11. The molecule has 0 aliphatic rings. The molecular weight excluding hydrogens is 319 g/mol. The third kappa shape index (κ3) is 4.80. The summed E-state index contributed by atoms with van der Waals surface area (Å²) in [6, 6.07) is 4.10. The van der Waals surface area contributed by atoms with Crippen LogP contribution in [0.5, 0.6) is 0 Å². The molecule has 1 atom stereocenters. The Balaban J connectivity index is 3.21. The van der Waals surface area contributed by atoms with Gasteiger partial charge in [-0.15, -0.1) is 0 Å². The van der Waals surface area contributed by atoms with Gasteiger partial charge in [-0.25, -0.2) is 0 Å². The molecule has 0 saturated heterocycles. The molecule has 108 valence electrons. The maximum Gasteiger partial charge on any atom is 0.416 e. The number of hydrogen-bond donors (Lipinski definition) is 1. The molecule has 0 radical (unpaired) electrons. The summed E-state index contributed by atoms with van der Waals surface area (Å²) in [5.74, 6) is 0.328. The Bertz CT molecular complexity index is 416. The molecule has 0 spiro atoms. The second kappa shape index (κ2) is 6.75. The lowest BCUT2D eigenvalue weighted by atomic mass is 9.93. The van der Waals surface area contributed by atoms with Crippen molar-refractivity contribution in [2.75, 3.05) is 6.54 Å². The Morgan fingerprint density at radius 3 is 2.37 bits per heavy atom. The molecule has 1 nitrogen and oxygen atoms in total. The van der Waals surface area contributed by atoms with E-state index in [0.717, 1.165) is 6.07 Å². The number of nitrogens with one attached hydrogen (secondary N) is 1. The van der Waals surface area contributed by atoms with Crippen molar-refractivity contribution in [3.8, 4) is 0 Å². The van der Waals surface area contributed by atoms with Gasteiger partial charge in [-0.2, -0.15) is 13.2 Å². The summed E-state index contributed by atoms with van der Waals surface area (Å²) in [5, 5.41) is 3.15. The van der Waals surface area contributed by atoms with Gasteiger partial charge in [0.25, 0.3) is 0 Å². The minimum atomic E-state index is -4.33. The van der Waals surface area contributed by atoms with Crippen LogP contribution in [0.1, 0.15) is 44.4 Å². The fourth-order valence-corrected chi connectivity index (χ4v) is 2.48. The van der Waals surface area contributed by atoms with Crippen LogP contribution in [0.2, 0.25) is 0 Å². The van der Waals surface area contributed by atoms with Crippen molar-refractivity contribution in [2.24, 2.45) is 5.92 Å². The first-order valence-electron chi connectivity index (χ1n) is 6.35. The Morgan fingerprint density at radius 1 is 1.26 bits per heavy atom. The predicted molar refractivity (Wildman–Crippen MR) is 75.0 cm³/mol. The molecule has 0 fully saturated rings. The lowest BCUT2D eigenvalue weighted by Gasteiger charge is -2.24. The average Bonchev–Trinajstić information content (AvgIpc) is 2.26. The zero-order valence-corrected chi connectivity index (χ0v) is 12.9. The van der Waals surface area contributed by atoms with Gasteiger partial charge in [-0.1, -0.05) is 42.8 Å². The normalized spacial score (nSPS) is 13.9. The van der Waals surface area contributed by atoms with Crippen LogP contribution >= 0.6 is 15.9 Å². The smallest absolute Gasteiger partial charge is 0.310 e. The maximum atomic E-state index is 13.1. The summed E-state index contributed by atoms with van der Waals surface area (Å²) in [6.07, 6.45) is -3.65. The Hall–Kier alpha value is -0.550. The van der Waals surface area contributed by atoms with E-state index in [4.69, 9.17) is 0 Å². The molecule has 19 heavy (non-hydrogen) atoms. The van der Waals surface area contributed by atoms with Gasteiger partial charge in [0.05, 0.1) is 5.56 Å². The first kappa shape index (κ1) is 16.5. The van der Waals surface area contributed by atoms with Crippen LogP contribution in [0.3, 0.4) is 0 Å². The summed E-state index contributed by atoms with van der Waals surface area (Å²) < 4.78 is 39.8. The van der Waals surface area contributed by atoms with Gasteiger partial charge in [0.2, 0.25) is 0 Å². The first-order chi connectivity index (χ1) is 8.75. The monoisotopic (exact) mass is 337 g/mol. The molecule has 0 bridgehead atoms. The summed E-state index contributed by atoms with van der Waals surface area (Å²) in [7, 11) is 0. The third-order valence-corrected chi connectivity index (χ3v) is 3.35. The van der Waals surface area contributed by atoms with Gasteiger partial charge in [-0.05, 0) is 36.6 Å². The largest absolute Gasteiger partial charge is 0.416 e. The van der Waals surface area contributed by atoms with Gasteiger partial charge >= 0.3 is 6.18 Å². The van der Waals surface area contributed by atoms with Crippen LogP contribution in [0.4, 0.5) is 13.2 Å². The first-order valence-corrected chi connectivity index (χ1v) is 7.15. The van der Waals surface area contributed by atoms with Gasteiger partial charge in [0.1, 0.15) is 0 Å². The van der Waals surface area contributed by atoms with Gasteiger partial charge in [0.15, 0.2) is 0 Å². The van der Waals surface area contributed by atoms with Gasteiger partial charge in [-0.3, -0.25) is 0 Å². The van der Waals surface area contributed by atoms with Crippen LogP contribution in [0.25, 0.3) is 0 Å². The second-order valence-corrected chi connectivity index (χ2v) is 5.88. The molecule has 0 aromatic heterocycles. The molecule has 5 heteroatoms. The molecule has 0 amide bonds. The highest BCUT2D eigenvalue weighted by Crippen LogP contribution is 2.37. The van der Waals surface area contributed by atoms with E-state index in [1.807, 2.05) is 20.8 Å². The fraction of sp³-hybridized carbons (Fsp3) is 0.571. The molecule has 0 saturated carbocycles. The van der Waals surface area contributed by atoms with E-state index >= 15 is 0 Å². The van der Waals surface area contributed by atoms with Crippen molar-refractivity contribution in [2.45, 2.75) is 39.4 Å². The van der Waals surface area contributed by atoms with Crippen molar-refractivity contribution in [3.05, 3.63) is 33.8 Å². The molecule has 0 aliphatic carbocycles. The van der Waals surface area contributed by atoms with E-state index in [0.29, 0.717) is 28.9 Å². The standard InChI is InChI=1S/C14H19BrF3N/c1-4-19-13(7-9(2)3)11-6-5-10(15)8-12(11)14(16,17)18/h5-6,8-9,13,19H,4,7H2,1-3H3. The molecule has 1 rings (SSSR count). The van der Waals surface area contributed by atoms with Crippen LogP contribution < -0.4 is 5.32 Å². The number of halogens is 4. The van der Waals surface area contributed by atoms with E-state index in [1.54, 1.807) is 12.1 Å². The molecule has 0 aliphatic heterocycles. The Kier molecular flexibility index (Phi) is 5.86. The number of rotatable bonds is 5. The molecule has 0 heterocycles. The topological polar surface area (TPSA) is 12.0 Å². The molecule has 1 N–H and O–H groups in total. The van der Waals surface area contributed by atoms with E-state index in [1.165, 1.54) is 0 Å².